The van der Waals surface area contributed by atoms with Gasteiger partial charge < -0.3 is 4.42 Å². The highest BCUT2D eigenvalue weighted by Crippen LogP contribution is 2.30. The predicted molar refractivity (Wildman–Crippen MR) is 84.5 cm³/mol. The highest BCUT2D eigenvalue weighted by Gasteiger charge is 2.18. The van der Waals surface area contributed by atoms with Crippen molar-refractivity contribution in [1.82, 2.24) is 5.43 Å². The average Bonchev–Trinajstić information content (AvgIpc) is 2.81. The van der Waals surface area contributed by atoms with E-state index in [-0.39, 0.29) is 5.82 Å². The van der Waals surface area contributed by atoms with E-state index in [4.69, 9.17) is 21.9 Å². The molecule has 3 aromatic rings. The van der Waals surface area contributed by atoms with Crippen LogP contribution in [0.25, 0.3) is 11.0 Å². The molecule has 1 aromatic heterocycles. The summed E-state index contributed by atoms with van der Waals surface area (Å²) < 4.78 is 20.0. The molecule has 108 valence electrons. The van der Waals surface area contributed by atoms with Crippen LogP contribution in [0.4, 0.5) is 4.39 Å². The molecule has 3 rings (SSSR count). The van der Waals surface area contributed by atoms with Crippen molar-refractivity contribution in [1.29, 1.82) is 0 Å². The second-order valence-electron chi connectivity index (χ2n) is 4.63. The molecule has 3 N–H and O–H groups in total. The maximum atomic E-state index is 13.6. The Bertz CT molecular complexity index is 785. The van der Waals surface area contributed by atoms with E-state index in [0.717, 1.165) is 5.39 Å². The van der Waals surface area contributed by atoms with Crippen molar-refractivity contribution < 1.29 is 8.81 Å². The van der Waals surface area contributed by atoms with Crippen molar-refractivity contribution >= 4 is 38.5 Å². The van der Waals surface area contributed by atoms with Crippen molar-refractivity contribution in [2.45, 2.75) is 6.04 Å². The van der Waals surface area contributed by atoms with Crippen LogP contribution in [-0.2, 0) is 0 Å². The van der Waals surface area contributed by atoms with Crippen LogP contribution in [-0.4, -0.2) is 0 Å². The molecular weight excluding hydrogens is 359 g/mol. The van der Waals surface area contributed by atoms with Gasteiger partial charge in [-0.3, -0.25) is 5.84 Å². The summed E-state index contributed by atoms with van der Waals surface area (Å²) >= 11 is 9.23. The van der Waals surface area contributed by atoms with Crippen LogP contribution in [0.5, 0.6) is 0 Å². The van der Waals surface area contributed by atoms with E-state index in [1.807, 2.05) is 6.07 Å². The molecular formula is C15H11BrClFN2O. The molecule has 3 nitrogen and oxygen atoms in total. The van der Waals surface area contributed by atoms with Crippen molar-refractivity contribution in [3.05, 3.63) is 69.1 Å². The molecule has 1 atom stereocenters. The first kappa shape index (κ1) is 14.5. The van der Waals surface area contributed by atoms with Gasteiger partial charge >= 0.3 is 0 Å². The summed E-state index contributed by atoms with van der Waals surface area (Å²) in [5.41, 5.74) is 4.01. The largest absolute Gasteiger partial charge is 0.459 e. The molecule has 0 bridgehead atoms. The Morgan fingerprint density at radius 3 is 2.71 bits per heavy atom. The monoisotopic (exact) mass is 368 g/mol. The third kappa shape index (κ3) is 2.96. The number of fused-ring (bicyclic) bond motifs is 1. The highest BCUT2D eigenvalue weighted by molar-refractivity contribution is 9.10. The molecule has 0 aliphatic rings. The van der Waals surface area contributed by atoms with Gasteiger partial charge in [0, 0.05) is 14.9 Å². The fourth-order valence-electron chi connectivity index (χ4n) is 2.26. The topological polar surface area (TPSA) is 51.2 Å². The molecule has 0 fully saturated rings. The number of halogens is 3. The summed E-state index contributed by atoms with van der Waals surface area (Å²) in [6.45, 7) is 0. The van der Waals surface area contributed by atoms with E-state index < -0.39 is 6.04 Å². The summed E-state index contributed by atoms with van der Waals surface area (Å²) in [4.78, 5) is 0. The lowest BCUT2D eigenvalue weighted by Gasteiger charge is -2.14. The molecule has 0 amide bonds. The molecule has 0 saturated carbocycles. The van der Waals surface area contributed by atoms with Gasteiger partial charge in [0.2, 0.25) is 0 Å². The zero-order valence-corrected chi connectivity index (χ0v) is 13.1. The Morgan fingerprint density at radius 1 is 1.19 bits per heavy atom. The SMILES string of the molecule is NNC(c1cc(F)cc(Br)c1)c1cc2cc(Cl)ccc2o1. The van der Waals surface area contributed by atoms with Crippen LogP contribution >= 0.6 is 27.5 Å². The van der Waals surface area contributed by atoms with Gasteiger partial charge in [-0.2, -0.15) is 0 Å². The molecule has 1 heterocycles. The Labute approximate surface area is 134 Å². The van der Waals surface area contributed by atoms with Gasteiger partial charge in [-0.05, 0) is 48.0 Å². The van der Waals surface area contributed by atoms with E-state index in [1.54, 1.807) is 24.3 Å². The van der Waals surface area contributed by atoms with Gasteiger partial charge in [-0.15, -0.1) is 0 Å². The van der Waals surface area contributed by atoms with Crippen molar-refractivity contribution in [2.75, 3.05) is 0 Å². The number of nitrogens with two attached hydrogens (primary N) is 1. The third-order valence-corrected chi connectivity index (χ3v) is 3.86. The smallest absolute Gasteiger partial charge is 0.134 e. The molecule has 2 aromatic carbocycles. The minimum absolute atomic E-state index is 0.348. The predicted octanol–water partition coefficient (Wildman–Crippen LogP) is 4.54. The maximum absolute atomic E-state index is 13.6. The van der Waals surface area contributed by atoms with Gasteiger partial charge in [-0.1, -0.05) is 27.5 Å². The number of hydrazine groups is 1. The fraction of sp³-hybridized carbons (Fsp3) is 0.0667. The lowest BCUT2D eigenvalue weighted by molar-refractivity contribution is 0.475. The van der Waals surface area contributed by atoms with Crippen LogP contribution < -0.4 is 11.3 Å². The number of hydrogen-bond donors (Lipinski definition) is 2. The second kappa shape index (κ2) is 5.77. The van der Waals surface area contributed by atoms with Gasteiger partial charge in [-0.25, -0.2) is 9.82 Å². The standard InChI is InChI=1S/C15H11BrClFN2O/c16-10-3-9(5-12(18)7-10)15(20-19)14-6-8-4-11(17)1-2-13(8)21-14/h1-7,15,20H,19H2. The van der Waals surface area contributed by atoms with Gasteiger partial charge in [0.15, 0.2) is 0 Å². The number of nitrogens with one attached hydrogen (secondary N) is 1. The lowest BCUT2D eigenvalue weighted by atomic mass is 10.0. The zero-order chi connectivity index (χ0) is 15.0. The fourth-order valence-corrected chi connectivity index (χ4v) is 2.93. The first-order valence-corrected chi connectivity index (χ1v) is 7.35. The van der Waals surface area contributed by atoms with E-state index in [0.29, 0.717) is 26.4 Å². The summed E-state index contributed by atoms with van der Waals surface area (Å²) in [5, 5.41) is 1.49. The first-order valence-electron chi connectivity index (χ1n) is 6.18. The molecule has 0 spiro atoms. The Hall–Kier alpha value is -1.40. The third-order valence-electron chi connectivity index (χ3n) is 3.17. The number of benzene rings is 2. The number of hydrogen-bond acceptors (Lipinski definition) is 3. The highest BCUT2D eigenvalue weighted by atomic mass is 79.9. The molecule has 0 aliphatic carbocycles. The van der Waals surface area contributed by atoms with Gasteiger partial charge in [0.25, 0.3) is 0 Å². The van der Waals surface area contributed by atoms with E-state index in [2.05, 4.69) is 21.4 Å². The first-order chi connectivity index (χ1) is 10.1. The normalized spacial score (nSPS) is 12.8. The minimum Gasteiger partial charge on any atom is -0.459 e. The summed E-state index contributed by atoms with van der Waals surface area (Å²) in [6.07, 6.45) is 0. The Kier molecular flexibility index (Phi) is 3.99. The van der Waals surface area contributed by atoms with Crippen molar-refractivity contribution in [2.24, 2.45) is 5.84 Å². The lowest BCUT2D eigenvalue weighted by Crippen LogP contribution is -2.28. The summed E-state index contributed by atoms with van der Waals surface area (Å²) in [7, 11) is 0. The van der Waals surface area contributed by atoms with Crippen LogP contribution in [0, 0.1) is 5.82 Å². The van der Waals surface area contributed by atoms with Crippen molar-refractivity contribution in [3.63, 3.8) is 0 Å². The van der Waals surface area contributed by atoms with Gasteiger partial charge in [0.1, 0.15) is 23.2 Å². The number of furan rings is 1. The summed E-state index contributed by atoms with van der Waals surface area (Å²) in [5.74, 6) is 5.86. The summed E-state index contributed by atoms with van der Waals surface area (Å²) in [6, 6.07) is 11.3. The Morgan fingerprint density at radius 2 is 2.00 bits per heavy atom. The molecule has 21 heavy (non-hydrogen) atoms. The molecule has 6 heteroatoms. The van der Waals surface area contributed by atoms with Crippen LogP contribution in [0.1, 0.15) is 17.4 Å². The maximum Gasteiger partial charge on any atom is 0.134 e. The average molecular weight is 370 g/mol. The van der Waals surface area contributed by atoms with Crippen LogP contribution in [0.2, 0.25) is 5.02 Å². The molecule has 0 radical (unpaired) electrons. The van der Waals surface area contributed by atoms with Crippen LogP contribution in [0.15, 0.2) is 51.4 Å². The zero-order valence-electron chi connectivity index (χ0n) is 10.7. The van der Waals surface area contributed by atoms with E-state index in [9.17, 15) is 4.39 Å². The quantitative estimate of drug-likeness (QED) is 0.526. The second-order valence-corrected chi connectivity index (χ2v) is 5.99. The van der Waals surface area contributed by atoms with Gasteiger partial charge in [0.05, 0.1) is 0 Å². The Balaban J connectivity index is 2.08. The minimum atomic E-state index is -0.455. The van der Waals surface area contributed by atoms with E-state index >= 15 is 0 Å². The molecule has 1 unspecified atom stereocenters. The van der Waals surface area contributed by atoms with Crippen molar-refractivity contribution in [3.8, 4) is 0 Å². The van der Waals surface area contributed by atoms with Crippen LogP contribution in [0.3, 0.4) is 0 Å². The number of rotatable bonds is 3. The van der Waals surface area contributed by atoms with E-state index in [1.165, 1.54) is 12.1 Å². The molecule has 0 saturated heterocycles. The molecule has 0 aliphatic heterocycles.